The van der Waals surface area contributed by atoms with Crippen LogP contribution in [0.15, 0.2) is 29.4 Å². The topological polar surface area (TPSA) is 159 Å². The number of hydrogen-bond acceptors (Lipinski definition) is 8. The first kappa shape index (κ1) is 19.9. The Kier molecular flexibility index (Phi) is 5.70. The third-order valence-electron chi connectivity index (χ3n) is 2.95. The summed E-state index contributed by atoms with van der Waals surface area (Å²) >= 11 is 0. The van der Waals surface area contributed by atoms with Crippen molar-refractivity contribution in [1.29, 1.82) is 0 Å². The van der Waals surface area contributed by atoms with Crippen molar-refractivity contribution in [2.24, 2.45) is 0 Å². The summed E-state index contributed by atoms with van der Waals surface area (Å²) in [6, 6.07) is 3.23. The molecule has 1 aromatic carbocycles. The summed E-state index contributed by atoms with van der Waals surface area (Å²) in [6.45, 7) is -0.222. The van der Waals surface area contributed by atoms with E-state index >= 15 is 0 Å². The highest BCUT2D eigenvalue weighted by Gasteiger charge is 2.19. The molecular formula is C12H12F2N4O6S2. The maximum Gasteiger partial charge on any atom is 0.296 e. The number of benzene rings is 1. The molecule has 0 bridgehead atoms. The molecule has 0 spiro atoms. The quantitative estimate of drug-likeness (QED) is 0.384. The van der Waals surface area contributed by atoms with Crippen LogP contribution in [0.25, 0.3) is 0 Å². The fourth-order valence-electron chi connectivity index (χ4n) is 1.85. The molecule has 0 aliphatic rings. The van der Waals surface area contributed by atoms with Gasteiger partial charge >= 0.3 is 0 Å². The van der Waals surface area contributed by atoms with Gasteiger partial charge < -0.3 is 10.6 Å². The Morgan fingerprint density at radius 2 is 1.77 bits per heavy atom. The van der Waals surface area contributed by atoms with Crippen LogP contribution in [0.3, 0.4) is 0 Å². The van der Waals surface area contributed by atoms with Gasteiger partial charge in [-0.05, 0) is 18.2 Å². The van der Waals surface area contributed by atoms with Gasteiger partial charge in [-0.25, -0.2) is 9.97 Å². The lowest BCUT2D eigenvalue weighted by atomic mass is 10.2. The molecule has 14 heteroatoms. The summed E-state index contributed by atoms with van der Waals surface area (Å²) in [5.74, 6) is -4.25. The fraction of sp³-hybridized carbons (Fsp3) is 0.167. The zero-order chi connectivity index (χ0) is 19.5. The summed E-state index contributed by atoms with van der Waals surface area (Å²) in [4.78, 5) is 5.76. The van der Waals surface area contributed by atoms with E-state index in [4.69, 9.17) is 4.55 Å². The number of halogens is 2. The zero-order valence-corrected chi connectivity index (χ0v) is 14.4. The molecule has 2 aromatic rings. The first-order valence-corrected chi connectivity index (χ1v) is 9.76. The Bertz CT molecular complexity index is 1030. The van der Waals surface area contributed by atoms with Crippen LogP contribution in [0.5, 0.6) is 0 Å². The Balaban J connectivity index is 2.37. The zero-order valence-electron chi connectivity index (χ0n) is 12.7. The second kappa shape index (κ2) is 7.45. The lowest BCUT2D eigenvalue weighted by Crippen LogP contribution is -2.15. The van der Waals surface area contributed by atoms with Gasteiger partial charge in [0.2, 0.25) is 5.82 Å². The van der Waals surface area contributed by atoms with E-state index in [0.29, 0.717) is 6.33 Å². The van der Waals surface area contributed by atoms with E-state index in [1.807, 2.05) is 0 Å². The molecule has 10 nitrogen and oxygen atoms in total. The Morgan fingerprint density at radius 1 is 1.08 bits per heavy atom. The van der Waals surface area contributed by atoms with Crippen molar-refractivity contribution in [2.45, 2.75) is 4.90 Å². The van der Waals surface area contributed by atoms with Crippen LogP contribution in [-0.2, 0) is 20.2 Å². The van der Waals surface area contributed by atoms with Crippen LogP contribution in [0.2, 0.25) is 0 Å². The summed E-state index contributed by atoms with van der Waals surface area (Å²) < 4.78 is 89.0. The monoisotopic (exact) mass is 410 g/mol. The summed E-state index contributed by atoms with van der Waals surface area (Å²) in [5.41, 5.74) is -0.195. The van der Waals surface area contributed by atoms with Crippen molar-refractivity contribution >= 4 is 37.4 Å². The first-order chi connectivity index (χ1) is 12.0. The molecule has 0 fully saturated rings. The van der Waals surface area contributed by atoms with Crippen LogP contribution in [0.1, 0.15) is 0 Å². The van der Waals surface area contributed by atoms with Crippen molar-refractivity contribution < 1.29 is 34.7 Å². The number of aromatic nitrogens is 2. The summed E-state index contributed by atoms with van der Waals surface area (Å²) in [6.07, 6.45) is 0.697. The minimum atomic E-state index is -4.72. The van der Waals surface area contributed by atoms with Gasteiger partial charge in [0.1, 0.15) is 11.2 Å². The first-order valence-electron chi connectivity index (χ1n) is 6.71. The van der Waals surface area contributed by atoms with Gasteiger partial charge in [-0.3, -0.25) is 9.11 Å². The van der Waals surface area contributed by atoms with Gasteiger partial charge in [-0.15, -0.1) is 0 Å². The van der Waals surface area contributed by atoms with Gasteiger partial charge in [0.05, 0.1) is 11.4 Å². The SMILES string of the molecule is O=S(=O)(O)CCNc1ccc(S(=O)(=O)O)c(Nc2ncnc(F)c2F)c1. The van der Waals surface area contributed by atoms with Crippen molar-refractivity contribution in [3.8, 4) is 0 Å². The van der Waals surface area contributed by atoms with Crippen LogP contribution in [0, 0.1) is 11.8 Å². The van der Waals surface area contributed by atoms with Crippen molar-refractivity contribution in [3.05, 3.63) is 36.3 Å². The molecule has 26 heavy (non-hydrogen) atoms. The number of nitrogens with one attached hydrogen (secondary N) is 2. The molecule has 1 aromatic heterocycles. The molecule has 4 N–H and O–H groups in total. The molecule has 1 heterocycles. The smallest absolute Gasteiger partial charge is 0.296 e. The largest absolute Gasteiger partial charge is 0.384 e. The molecule has 0 unspecified atom stereocenters. The van der Waals surface area contributed by atoms with Gasteiger partial charge in [-0.1, -0.05) is 0 Å². The van der Waals surface area contributed by atoms with E-state index in [2.05, 4.69) is 20.6 Å². The molecule has 0 aliphatic heterocycles. The number of anilines is 3. The third kappa shape index (κ3) is 5.29. The molecule has 0 saturated carbocycles. The van der Waals surface area contributed by atoms with E-state index in [0.717, 1.165) is 12.1 Å². The lowest BCUT2D eigenvalue weighted by molar-refractivity contribution is 0.476. The fourth-order valence-corrected chi connectivity index (χ4v) is 2.84. The molecule has 2 rings (SSSR count). The normalized spacial score (nSPS) is 12.0. The van der Waals surface area contributed by atoms with Gasteiger partial charge in [-0.2, -0.15) is 25.6 Å². The molecule has 0 aliphatic carbocycles. The van der Waals surface area contributed by atoms with E-state index in [-0.39, 0.29) is 17.9 Å². The maximum absolute atomic E-state index is 13.7. The Hall–Kier alpha value is -2.42. The standard InChI is InChI=1S/C12H12F2N4O6S2/c13-10-11(14)16-6-17-12(10)18-8-5-7(15-3-4-25(19,20)21)1-2-9(8)26(22,23)24/h1-2,5-6,15H,3-4H2,(H,16,17,18)(H,19,20,21)(H,22,23,24). The number of hydrogen-bond donors (Lipinski definition) is 4. The van der Waals surface area contributed by atoms with E-state index in [9.17, 15) is 30.2 Å². The molecule has 0 saturated heterocycles. The minimum absolute atomic E-state index is 0.165. The van der Waals surface area contributed by atoms with Crippen LogP contribution in [-0.4, -0.2) is 48.2 Å². The van der Waals surface area contributed by atoms with Gasteiger partial charge in [0.25, 0.3) is 26.2 Å². The Morgan fingerprint density at radius 3 is 2.38 bits per heavy atom. The van der Waals surface area contributed by atoms with Crippen molar-refractivity contribution in [1.82, 2.24) is 9.97 Å². The van der Waals surface area contributed by atoms with Gasteiger partial charge in [0.15, 0.2) is 5.82 Å². The van der Waals surface area contributed by atoms with Crippen molar-refractivity contribution in [3.63, 3.8) is 0 Å². The Labute approximate surface area is 146 Å². The summed E-state index contributed by atoms with van der Waals surface area (Å²) in [5, 5.41) is 4.80. The maximum atomic E-state index is 13.7. The summed E-state index contributed by atoms with van der Waals surface area (Å²) in [7, 11) is -8.94. The average molecular weight is 410 g/mol. The molecule has 0 radical (unpaired) electrons. The number of nitrogens with zero attached hydrogens (tertiary/aromatic N) is 2. The van der Waals surface area contributed by atoms with Gasteiger partial charge in [0, 0.05) is 12.2 Å². The van der Waals surface area contributed by atoms with E-state index in [1.54, 1.807) is 0 Å². The molecular weight excluding hydrogens is 398 g/mol. The molecule has 142 valence electrons. The minimum Gasteiger partial charge on any atom is -0.384 e. The van der Waals surface area contributed by atoms with E-state index in [1.165, 1.54) is 6.07 Å². The predicted octanol–water partition coefficient (Wildman–Crippen LogP) is 1.04. The van der Waals surface area contributed by atoms with E-state index < -0.39 is 48.5 Å². The lowest BCUT2D eigenvalue weighted by Gasteiger charge is -2.13. The second-order valence-electron chi connectivity index (χ2n) is 4.85. The van der Waals surface area contributed by atoms with Crippen LogP contribution >= 0.6 is 0 Å². The van der Waals surface area contributed by atoms with Crippen LogP contribution < -0.4 is 10.6 Å². The highest BCUT2D eigenvalue weighted by Crippen LogP contribution is 2.28. The average Bonchev–Trinajstić information content (AvgIpc) is 2.50. The molecule has 0 amide bonds. The number of rotatable bonds is 7. The third-order valence-corrected chi connectivity index (χ3v) is 4.58. The predicted molar refractivity (Wildman–Crippen MR) is 86.4 cm³/mol. The van der Waals surface area contributed by atoms with Crippen LogP contribution in [0.4, 0.5) is 26.0 Å². The van der Waals surface area contributed by atoms with Crippen molar-refractivity contribution in [2.75, 3.05) is 22.9 Å². The second-order valence-corrected chi connectivity index (χ2v) is 7.81. The highest BCUT2D eigenvalue weighted by atomic mass is 32.2. The molecule has 0 atom stereocenters. The highest BCUT2D eigenvalue weighted by molar-refractivity contribution is 7.86.